The number of para-hydroxylation sites is 1. The van der Waals surface area contributed by atoms with E-state index in [-0.39, 0.29) is 5.41 Å². The molecule has 0 aliphatic heterocycles. The molecule has 0 spiro atoms. The van der Waals surface area contributed by atoms with Crippen molar-refractivity contribution in [2.75, 3.05) is 0 Å². The van der Waals surface area contributed by atoms with E-state index in [1.165, 1.54) is 60.5 Å². The number of hydrogen-bond acceptors (Lipinski definition) is 2. The highest BCUT2D eigenvalue weighted by molar-refractivity contribution is 6.23. The average Bonchev–Trinajstić information content (AvgIpc) is 3.78. The second kappa shape index (κ2) is 9.49. The Morgan fingerprint density at radius 1 is 0.367 bits per heavy atom. The Morgan fingerprint density at radius 2 is 0.837 bits per heavy atom. The van der Waals surface area contributed by atoms with E-state index in [0.717, 1.165) is 49.4 Å². The molecule has 0 amide bonds. The molecule has 0 saturated carbocycles. The van der Waals surface area contributed by atoms with Gasteiger partial charge in [-0.05, 0) is 102 Å². The van der Waals surface area contributed by atoms with E-state index in [9.17, 15) is 0 Å². The van der Waals surface area contributed by atoms with Crippen molar-refractivity contribution in [2.45, 2.75) is 19.3 Å². The van der Waals surface area contributed by atoms with E-state index in [0.29, 0.717) is 0 Å². The van der Waals surface area contributed by atoms with Gasteiger partial charge in [-0.3, -0.25) is 0 Å². The number of fused-ring (bicyclic) bond motifs is 12. The average molecular weight is 627 g/mol. The summed E-state index contributed by atoms with van der Waals surface area (Å²) in [6, 6.07) is 52.9. The molecule has 11 rings (SSSR count). The first-order chi connectivity index (χ1) is 24.1. The Kier molecular flexibility index (Phi) is 5.21. The molecule has 0 bridgehead atoms. The molecule has 2 heterocycles. The molecule has 0 atom stereocenters. The van der Waals surface area contributed by atoms with Crippen LogP contribution >= 0.6 is 0 Å². The quantitative estimate of drug-likeness (QED) is 0.178. The van der Waals surface area contributed by atoms with Crippen LogP contribution in [0.2, 0.25) is 0 Å². The smallest absolute Gasteiger partial charge is 0.178 e. The lowest BCUT2D eigenvalue weighted by molar-refractivity contribution is 0.633. The molecule has 0 unspecified atom stereocenters. The molecule has 2 aromatic heterocycles. The molecule has 0 saturated heterocycles. The molecule has 8 aromatic carbocycles. The largest absolute Gasteiger partial charge is 0.452 e. The third kappa shape index (κ3) is 3.55. The fraction of sp³-hybridized carbons (Fsp3) is 0.0638. The van der Waals surface area contributed by atoms with Gasteiger partial charge < -0.3 is 8.83 Å². The van der Waals surface area contributed by atoms with Gasteiger partial charge in [-0.25, -0.2) is 0 Å². The van der Waals surface area contributed by atoms with Gasteiger partial charge in [-0.1, -0.05) is 123 Å². The van der Waals surface area contributed by atoms with Crippen LogP contribution in [0, 0.1) is 0 Å². The summed E-state index contributed by atoms with van der Waals surface area (Å²) in [4.78, 5) is 0. The summed E-state index contributed by atoms with van der Waals surface area (Å²) in [5.41, 5.74) is 13.6. The van der Waals surface area contributed by atoms with Gasteiger partial charge in [-0.15, -0.1) is 0 Å². The van der Waals surface area contributed by atoms with Gasteiger partial charge in [0.25, 0.3) is 0 Å². The van der Waals surface area contributed by atoms with Crippen molar-refractivity contribution in [3.63, 3.8) is 0 Å². The van der Waals surface area contributed by atoms with E-state index in [1.54, 1.807) is 0 Å². The van der Waals surface area contributed by atoms with E-state index in [4.69, 9.17) is 8.83 Å². The van der Waals surface area contributed by atoms with E-state index >= 15 is 0 Å². The lowest BCUT2D eigenvalue weighted by Gasteiger charge is -2.23. The third-order valence-corrected chi connectivity index (χ3v) is 11.1. The van der Waals surface area contributed by atoms with Crippen LogP contribution < -0.4 is 0 Å². The third-order valence-electron chi connectivity index (χ3n) is 11.1. The normalized spacial score (nSPS) is 13.7. The highest BCUT2D eigenvalue weighted by Gasteiger charge is 2.35. The predicted octanol–water partition coefficient (Wildman–Crippen LogP) is 13.4. The van der Waals surface area contributed by atoms with Crippen molar-refractivity contribution >= 4 is 65.4 Å². The number of hydrogen-bond donors (Lipinski definition) is 0. The minimum absolute atomic E-state index is 0.0660. The summed E-state index contributed by atoms with van der Waals surface area (Å²) in [6.07, 6.45) is 0. The fourth-order valence-corrected chi connectivity index (χ4v) is 8.78. The first-order valence-electron chi connectivity index (χ1n) is 17.0. The molecule has 49 heavy (non-hydrogen) atoms. The highest BCUT2D eigenvalue weighted by atomic mass is 16.4. The maximum Gasteiger partial charge on any atom is 0.178 e. The maximum absolute atomic E-state index is 6.67. The molecule has 1 aliphatic rings. The van der Waals surface area contributed by atoms with Crippen molar-refractivity contribution in [3.8, 4) is 33.4 Å². The Balaban J connectivity index is 1.15. The van der Waals surface area contributed by atoms with Gasteiger partial charge in [0.2, 0.25) is 0 Å². The maximum atomic E-state index is 6.67. The lowest BCUT2D eigenvalue weighted by atomic mass is 9.80. The molecule has 10 aromatic rings. The molecule has 0 N–H and O–H groups in total. The standard InChI is InChI=1S/C47H30O2/c1-47(2)39-17-9-7-11-29(39)30-21-19-27(25-40(30)47)43-33-13-3-5-15-35(33)44(36-16-6-4-14-34(36)43)28-20-22-32-38-24-23-37-31-12-8-10-18-41(31)48-45(37)46(38)49-42(32)26-28/h3-26H,1-2H3. The summed E-state index contributed by atoms with van der Waals surface area (Å²) >= 11 is 0. The van der Waals surface area contributed by atoms with Gasteiger partial charge in [-0.2, -0.15) is 0 Å². The second-order valence-corrected chi connectivity index (χ2v) is 14.0. The first kappa shape index (κ1) is 26.9. The van der Waals surface area contributed by atoms with Crippen LogP contribution in [-0.4, -0.2) is 0 Å². The SMILES string of the molecule is CC1(C)c2ccccc2-c2ccc(-c3c4ccccc4c(-c4ccc5c(c4)oc4c5ccc5c6ccccc6oc54)c4ccccc34)cc21. The lowest BCUT2D eigenvalue weighted by Crippen LogP contribution is -2.14. The van der Waals surface area contributed by atoms with Crippen molar-refractivity contribution in [3.05, 3.63) is 157 Å². The zero-order chi connectivity index (χ0) is 32.4. The molecule has 0 fully saturated rings. The zero-order valence-corrected chi connectivity index (χ0v) is 27.2. The monoisotopic (exact) mass is 626 g/mol. The van der Waals surface area contributed by atoms with Crippen LogP contribution in [-0.2, 0) is 5.41 Å². The van der Waals surface area contributed by atoms with Crippen molar-refractivity contribution in [1.29, 1.82) is 0 Å². The summed E-state index contributed by atoms with van der Waals surface area (Å²) < 4.78 is 13.0. The molecule has 0 radical (unpaired) electrons. The molecular weight excluding hydrogens is 597 g/mol. The summed E-state index contributed by atoms with van der Waals surface area (Å²) in [6.45, 7) is 4.71. The second-order valence-electron chi connectivity index (χ2n) is 14.0. The minimum atomic E-state index is -0.0660. The van der Waals surface area contributed by atoms with Crippen LogP contribution in [0.25, 0.3) is 98.8 Å². The number of benzene rings is 8. The van der Waals surface area contributed by atoms with Gasteiger partial charge in [0.05, 0.1) is 0 Å². The van der Waals surface area contributed by atoms with Crippen LogP contribution in [0.3, 0.4) is 0 Å². The van der Waals surface area contributed by atoms with Gasteiger partial charge >= 0.3 is 0 Å². The molecule has 230 valence electrons. The van der Waals surface area contributed by atoms with Crippen molar-refractivity contribution in [2.24, 2.45) is 0 Å². The Labute approximate surface area is 282 Å². The van der Waals surface area contributed by atoms with Gasteiger partial charge in [0.1, 0.15) is 11.2 Å². The number of furan rings is 2. The topological polar surface area (TPSA) is 26.3 Å². The fourth-order valence-electron chi connectivity index (χ4n) is 8.78. The van der Waals surface area contributed by atoms with Gasteiger partial charge in [0.15, 0.2) is 11.2 Å². The first-order valence-corrected chi connectivity index (χ1v) is 17.0. The van der Waals surface area contributed by atoms with E-state index < -0.39 is 0 Å². The van der Waals surface area contributed by atoms with E-state index in [2.05, 4.69) is 147 Å². The van der Waals surface area contributed by atoms with Crippen LogP contribution in [0.1, 0.15) is 25.0 Å². The number of rotatable bonds is 2. The summed E-state index contributed by atoms with van der Waals surface area (Å²) in [5.74, 6) is 0. The van der Waals surface area contributed by atoms with Crippen LogP contribution in [0.4, 0.5) is 0 Å². The predicted molar refractivity (Wildman–Crippen MR) is 204 cm³/mol. The van der Waals surface area contributed by atoms with Crippen molar-refractivity contribution < 1.29 is 8.83 Å². The van der Waals surface area contributed by atoms with E-state index in [1.807, 2.05) is 12.1 Å². The molecule has 2 heteroatoms. The van der Waals surface area contributed by atoms with Crippen LogP contribution in [0.15, 0.2) is 154 Å². The van der Waals surface area contributed by atoms with Gasteiger partial charge in [0, 0.05) is 27.0 Å². The highest BCUT2D eigenvalue weighted by Crippen LogP contribution is 2.51. The Bertz CT molecular complexity index is 2970. The molecule has 2 nitrogen and oxygen atoms in total. The summed E-state index contributed by atoms with van der Waals surface area (Å²) in [7, 11) is 0. The van der Waals surface area contributed by atoms with Crippen LogP contribution in [0.5, 0.6) is 0 Å². The molecular formula is C47H30O2. The minimum Gasteiger partial charge on any atom is -0.452 e. The van der Waals surface area contributed by atoms with Crippen molar-refractivity contribution in [1.82, 2.24) is 0 Å². The zero-order valence-electron chi connectivity index (χ0n) is 27.2. The Hall–Kier alpha value is -6.12. The molecule has 1 aliphatic carbocycles. The summed E-state index contributed by atoms with van der Waals surface area (Å²) in [5, 5.41) is 9.30. The Morgan fingerprint density at radius 3 is 1.51 bits per heavy atom.